The number of benzene rings is 1. The van der Waals surface area contributed by atoms with Crippen LogP contribution in [0.2, 0.25) is 5.02 Å². The Hall–Kier alpha value is -2.29. The van der Waals surface area contributed by atoms with Gasteiger partial charge in [-0.2, -0.15) is 10.0 Å². The van der Waals surface area contributed by atoms with Gasteiger partial charge in [0.15, 0.2) is 10.2 Å². The van der Waals surface area contributed by atoms with Gasteiger partial charge in [0.2, 0.25) is 5.17 Å². The van der Waals surface area contributed by atoms with Crippen LogP contribution >= 0.6 is 35.1 Å². The van der Waals surface area contributed by atoms with Gasteiger partial charge in [0, 0.05) is 22.1 Å². The van der Waals surface area contributed by atoms with E-state index >= 15 is 0 Å². The van der Waals surface area contributed by atoms with Crippen molar-refractivity contribution in [3.63, 3.8) is 0 Å². The SMILES string of the molecule is CSC1=NN2C(=N)C(=Cc3cc(C)n(-c4ccc(Cl)cc4C)c3C)C(=O)N=C2S1. The molecule has 1 aromatic heterocycles. The number of nitrogens with zero attached hydrogens (tertiary/aromatic N) is 4. The minimum Gasteiger partial charge on any atom is -0.318 e. The fourth-order valence-corrected chi connectivity index (χ4v) is 4.96. The summed E-state index contributed by atoms with van der Waals surface area (Å²) in [7, 11) is 0. The number of aryl methyl sites for hydroxylation is 2. The summed E-state index contributed by atoms with van der Waals surface area (Å²) >= 11 is 8.87. The Morgan fingerprint density at radius 2 is 2.00 bits per heavy atom. The largest absolute Gasteiger partial charge is 0.318 e. The van der Waals surface area contributed by atoms with Crippen LogP contribution in [0.1, 0.15) is 22.5 Å². The van der Waals surface area contributed by atoms with Crippen LogP contribution in [-0.2, 0) is 4.79 Å². The topological polar surface area (TPSA) is 73.8 Å². The molecule has 4 rings (SSSR count). The van der Waals surface area contributed by atoms with E-state index in [0.29, 0.717) is 10.2 Å². The van der Waals surface area contributed by atoms with Gasteiger partial charge in [-0.15, -0.1) is 16.9 Å². The number of rotatable bonds is 2. The molecular weight excluding hydrogens is 426 g/mol. The number of amides is 1. The number of hydrogen-bond donors (Lipinski definition) is 1. The van der Waals surface area contributed by atoms with Crippen LogP contribution in [-0.4, -0.2) is 37.1 Å². The van der Waals surface area contributed by atoms with Crippen molar-refractivity contribution in [2.45, 2.75) is 20.8 Å². The number of hydrazone groups is 1. The van der Waals surface area contributed by atoms with Crippen molar-refractivity contribution in [1.82, 2.24) is 9.58 Å². The molecule has 148 valence electrons. The molecule has 2 aliphatic heterocycles. The summed E-state index contributed by atoms with van der Waals surface area (Å²) < 4.78 is 2.89. The molecule has 0 unspecified atom stereocenters. The Kier molecular flexibility index (Phi) is 5.18. The zero-order valence-electron chi connectivity index (χ0n) is 16.3. The predicted octanol–water partition coefficient (Wildman–Crippen LogP) is 5.00. The van der Waals surface area contributed by atoms with Gasteiger partial charge in [-0.3, -0.25) is 10.2 Å². The predicted molar refractivity (Wildman–Crippen MR) is 124 cm³/mol. The molecule has 2 aliphatic rings. The van der Waals surface area contributed by atoms with Gasteiger partial charge in [0.25, 0.3) is 5.91 Å². The van der Waals surface area contributed by atoms with Crippen LogP contribution in [0, 0.1) is 26.2 Å². The molecule has 3 heterocycles. The molecular formula is C20H18ClN5OS2. The zero-order valence-corrected chi connectivity index (χ0v) is 18.7. The molecule has 1 aromatic carbocycles. The normalized spacial score (nSPS) is 17.7. The maximum absolute atomic E-state index is 12.6. The van der Waals surface area contributed by atoms with E-state index in [9.17, 15) is 4.79 Å². The van der Waals surface area contributed by atoms with E-state index in [1.807, 2.05) is 51.3 Å². The molecule has 0 saturated heterocycles. The first-order chi connectivity index (χ1) is 13.8. The van der Waals surface area contributed by atoms with Gasteiger partial charge in [-0.25, -0.2) is 0 Å². The first-order valence-corrected chi connectivity index (χ1v) is 11.2. The number of hydrogen-bond acceptors (Lipinski definition) is 5. The van der Waals surface area contributed by atoms with Crippen LogP contribution in [0.3, 0.4) is 0 Å². The van der Waals surface area contributed by atoms with E-state index in [-0.39, 0.29) is 11.4 Å². The van der Waals surface area contributed by atoms with Crippen molar-refractivity contribution < 1.29 is 4.79 Å². The van der Waals surface area contributed by atoms with Crippen LogP contribution in [0.25, 0.3) is 11.8 Å². The quantitative estimate of drug-likeness (QED) is 0.663. The lowest BCUT2D eigenvalue weighted by Crippen LogP contribution is -2.35. The van der Waals surface area contributed by atoms with Crippen molar-refractivity contribution >= 4 is 62.5 Å². The third-order valence-electron chi connectivity index (χ3n) is 4.78. The molecule has 0 saturated carbocycles. The van der Waals surface area contributed by atoms with E-state index in [2.05, 4.69) is 14.7 Å². The molecule has 6 nitrogen and oxygen atoms in total. The Bertz CT molecular complexity index is 1160. The lowest BCUT2D eigenvalue weighted by atomic mass is 10.1. The van der Waals surface area contributed by atoms with E-state index in [1.54, 1.807) is 6.08 Å². The highest BCUT2D eigenvalue weighted by molar-refractivity contribution is 8.45. The Morgan fingerprint density at radius 1 is 1.24 bits per heavy atom. The number of carbonyl (C=O) groups excluding carboxylic acids is 1. The minimum absolute atomic E-state index is 0.0454. The number of halogens is 1. The average molecular weight is 444 g/mol. The molecule has 0 aliphatic carbocycles. The summed E-state index contributed by atoms with van der Waals surface area (Å²) in [5, 5.41) is 15.4. The van der Waals surface area contributed by atoms with E-state index < -0.39 is 5.91 Å². The highest BCUT2D eigenvalue weighted by Gasteiger charge is 2.35. The van der Waals surface area contributed by atoms with Crippen LogP contribution in [0.15, 0.2) is 39.9 Å². The number of nitrogens with one attached hydrogen (secondary N) is 1. The molecule has 1 amide bonds. The molecule has 0 fully saturated rings. The smallest absolute Gasteiger partial charge is 0.283 e. The first-order valence-electron chi connectivity index (χ1n) is 8.80. The lowest BCUT2D eigenvalue weighted by Gasteiger charge is -2.20. The minimum atomic E-state index is -0.418. The summed E-state index contributed by atoms with van der Waals surface area (Å²) in [5.41, 5.74) is 5.18. The fraction of sp³-hybridized carbons (Fsp3) is 0.200. The third-order valence-corrected chi connectivity index (χ3v) is 6.90. The van der Waals surface area contributed by atoms with Gasteiger partial charge < -0.3 is 4.57 Å². The Morgan fingerprint density at radius 3 is 2.69 bits per heavy atom. The van der Waals surface area contributed by atoms with E-state index in [0.717, 1.165) is 32.6 Å². The van der Waals surface area contributed by atoms with E-state index in [1.165, 1.54) is 28.5 Å². The van der Waals surface area contributed by atoms with E-state index in [4.69, 9.17) is 17.0 Å². The number of thioether (sulfide) groups is 2. The van der Waals surface area contributed by atoms with Gasteiger partial charge in [-0.1, -0.05) is 11.6 Å². The number of aliphatic imine (C=N–C) groups is 1. The highest BCUT2D eigenvalue weighted by Crippen LogP contribution is 2.32. The fourth-order valence-electron chi connectivity index (χ4n) is 3.39. The van der Waals surface area contributed by atoms with Crippen molar-refractivity contribution in [2.24, 2.45) is 10.1 Å². The summed E-state index contributed by atoms with van der Waals surface area (Å²) in [6, 6.07) is 7.78. The average Bonchev–Trinajstić information content (AvgIpc) is 3.20. The second-order valence-corrected chi connectivity index (χ2v) is 9.13. The van der Waals surface area contributed by atoms with Gasteiger partial charge >= 0.3 is 0 Å². The first kappa shape index (κ1) is 20.0. The van der Waals surface area contributed by atoms with Gasteiger partial charge in [0.05, 0.1) is 5.57 Å². The second-order valence-electron chi connectivity index (χ2n) is 6.68. The highest BCUT2D eigenvalue weighted by atomic mass is 35.5. The van der Waals surface area contributed by atoms with Crippen LogP contribution in [0.5, 0.6) is 0 Å². The molecule has 0 bridgehead atoms. The molecule has 1 N–H and O–H groups in total. The van der Waals surface area contributed by atoms with Crippen molar-refractivity contribution in [1.29, 1.82) is 5.41 Å². The monoisotopic (exact) mass is 443 g/mol. The van der Waals surface area contributed by atoms with Crippen LogP contribution < -0.4 is 0 Å². The van der Waals surface area contributed by atoms with Crippen molar-refractivity contribution in [2.75, 3.05) is 6.26 Å². The third kappa shape index (κ3) is 3.45. The van der Waals surface area contributed by atoms with Gasteiger partial charge in [0.1, 0.15) is 0 Å². The molecule has 29 heavy (non-hydrogen) atoms. The standard InChI is InChI=1S/C20H18ClN5OS2/c1-10-7-14(21)5-6-16(10)25-11(2)8-13(12(25)3)9-15-17(22)26-19(23-18(15)27)29-20(24-26)28-4/h5-9,22H,1-4H3. The molecule has 2 aromatic rings. The zero-order chi connectivity index (χ0) is 20.9. The summed E-state index contributed by atoms with van der Waals surface area (Å²) in [4.78, 5) is 16.7. The maximum Gasteiger partial charge on any atom is 0.283 e. The molecule has 0 spiro atoms. The maximum atomic E-state index is 12.6. The summed E-state index contributed by atoms with van der Waals surface area (Å²) in [6.07, 6.45) is 3.63. The molecule has 0 radical (unpaired) electrons. The Labute approximate surface area is 182 Å². The number of fused-ring (bicyclic) bond motifs is 1. The summed E-state index contributed by atoms with van der Waals surface area (Å²) in [5.74, 6) is -0.372. The second kappa shape index (κ2) is 7.51. The molecule has 9 heteroatoms. The molecule has 0 atom stereocenters. The van der Waals surface area contributed by atoms with Crippen molar-refractivity contribution in [3.05, 3.63) is 57.4 Å². The summed E-state index contributed by atoms with van der Waals surface area (Å²) in [6.45, 7) is 6.02. The number of carbonyl (C=O) groups is 1. The van der Waals surface area contributed by atoms with Crippen molar-refractivity contribution in [3.8, 4) is 5.69 Å². The number of amidine groups is 2. The lowest BCUT2D eigenvalue weighted by molar-refractivity contribution is -0.114. The Balaban J connectivity index is 1.77. The van der Waals surface area contributed by atoms with Crippen LogP contribution in [0.4, 0.5) is 0 Å². The number of aromatic nitrogens is 1. The van der Waals surface area contributed by atoms with Gasteiger partial charge in [-0.05, 0) is 80.3 Å².